The van der Waals surface area contributed by atoms with Crippen LogP contribution in [0.4, 0.5) is 0 Å². The Labute approximate surface area is 120 Å². The van der Waals surface area contributed by atoms with Gasteiger partial charge in [-0.2, -0.15) is 0 Å². The van der Waals surface area contributed by atoms with Gasteiger partial charge in [0.25, 0.3) is 5.91 Å². The third kappa shape index (κ3) is 3.39. The minimum absolute atomic E-state index is 0.141. The molecule has 0 bridgehead atoms. The minimum Gasteiger partial charge on any atom is -0.381 e. The monoisotopic (exact) mass is 280 g/mol. The Hall–Kier alpha value is -1.36. The van der Waals surface area contributed by atoms with E-state index >= 15 is 0 Å². The van der Waals surface area contributed by atoms with Crippen molar-refractivity contribution < 1.29 is 14.1 Å². The molecule has 1 heterocycles. The topological polar surface area (TPSA) is 64.4 Å². The molecule has 1 N–H and O–H groups in total. The summed E-state index contributed by atoms with van der Waals surface area (Å²) in [7, 11) is 1.73. The summed E-state index contributed by atoms with van der Waals surface area (Å²) in [5.41, 5.74) is 0.208. The number of amides is 1. The fraction of sp³-hybridized carbons (Fsp3) is 0.733. The van der Waals surface area contributed by atoms with Crippen LogP contribution in [-0.2, 0) is 10.2 Å². The molecule has 2 unspecified atom stereocenters. The number of hydrogen-bond donors (Lipinski definition) is 1. The SMILES string of the molecule is COC1CCCC1CNC(=O)c1cc(C(C)(C)C)on1. The molecule has 0 spiro atoms. The Morgan fingerprint density at radius 1 is 1.50 bits per heavy atom. The van der Waals surface area contributed by atoms with E-state index in [0.29, 0.717) is 18.2 Å². The van der Waals surface area contributed by atoms with Crippen molar-refractivity contribution in [2.45, 2.75) is 51.6 Å². The molecule has 1 fully saturated rings. The summed E-state index contributed by atoms with van der Waals surface area (Å²) in [5, 5.41) is 6.78. The Morgan fingerprint density at radius 3 is 2.85 bits per heavy atom. The van der Waals surface area contributed by atoms with Gasteiger partial charge in [0.2, 0.25) is 0 Å². The number of rotatable bonds is 4. The lowest BCUT2D eigenvalue weighted by Crippen LogP contribution is -2.33. The van der Waals surface area contributed by atoms with E-state index in [1.807, 2.05) is 20.8 Å². The molecule has 0 aliphatic heterocycles. The number of ether oxygens (including phenoxy) is 1. The molecule has 2 rings (SSSR count). The first-order chi connectivity index (χ1) is 9.41. The Bertz CT molecular complexity index is 462. The van der Waals surface area contributed by atoms with Gasteiger partial charge < -0.3 is 14.6 Å². The lowest BCUT2D eigenvalue weighted by atomic mass is 9.93. The van der Waals surface area contributed by atoms with Crippen molar-refractivity contribution in [3.63, 3.8) is 0 Å². The van der Waals surface area contributed by atoms with Crippen molar-refractivity contribution in [3.05, 3.63) is 17.5 Å². The molecule has 0 radical (unpaired) electrons. The van der Waals surface area contributed by atoms with E-state index in [1.54, 1.807) is 13.2 Å². The van der Waals surface area contributed by atoms with Crippen LogP contribution in [0.1, 0.15) is 56.3 Å². The fourth-order valence-electron chi connectivity index (χ4n) is 2.60. The van der Waals surface area contributed by atoms with Crippen LogP contribution in [0.5, 0.6) is 0 Å². The number of nitrogens with zero attached hydrogens (tertiary/aromatic N) is 1. The van der Waals surface area contributed by atoms with Crippen molar-refractivity contribution in [3.8, 4) is 0 Å². The zero-order valence-electron chi connectivity index (χ0n) is 12.7. The predicted molar refractivity (Wildman–Crippen MR) is 75.7 cm³/mol. The summed E-state index contributed by atoms with van der Waals surface area (Å²) in [4.78, 5) is 12.1. The molecule has 112 valence electrons. The molecule has 1 saturated carbocycles. The van der Waals surface area contributed by atoms with E-state index in [4.69, 9.17) is 9.26 Å². The maximum atomic E-state index is 12.1. The molecule has 1 amide bonds. The van der Waals surface area contributed by atoms with E-state index < -0.39 is 0 Å². The fourth-order valence-corrected chi connectivity index (χ4v) is 2.60. The number of nitrogens with one attached hydrogen (secondary N) is 1. The number of carbonyl (C=O) groups is 1. The van der Waals surface area contributed by atoms with Crippen LogP contribution in [0, 0.1) is 5.92 Å². The van der Waals surface area contributed by atoms with Gasteiger partial charge in [0.15, 0.2) is 5.69 Å². The van der Waals surface area contributed by atoms with Gasteiger partial charge in [0, 0.05) is 31.1 Å². The van der Waals surface area contributed by atoms with Crippen molar-refractivity contribution in [1.29, 1.82) is 0 Å². The molecule has 20 heavy (non-hydrogen) atoms. The van der Waals surface area contributed by atoms with Gasteiger partial charge in [-0.3, -0.25) is 4.79 Å². The minimum atomic E-state index is -0.175. The quantitative estimate of drug-likeness (QED) is 0.920. The molecule has 1 aromatic rings. The van der Waals surface area contributed by atoms with Gasteiger partial charge in [0.05, 0.1) is 6.10 Å². The van der Waals surface area contributed by atoms with E-state index in [-0.39, 0.29) is 17.4 Å². The summed E-state index contributed by atoms with van der Waals surface area (Å²) < 4.78 is 10.7. The first kappa shape index (κ1) is 15.0. The molecular formula is C15H24N2O3. The highest BCUT2D eigenvalue weighted by molar-refractivity contribution is 5.92. The maximum Gasteiger partial charge on any atom is 0.273 e. The van der Waals surface area contributed by atoms with E-state index in [9.17, 15) is 4.79 Å². The van der Waals surface area contributed by atoms with Crippen LogP contribution in [0.3, 0.4) is 0 Å². The van der Waals surface area contributed by atoms with Crippen LogP contribution in [0.15, 0.2) is 10.6 Å². The average molecular weight is 280 g/mol. The normalized spacial score (nSPS) is 23.0. The summed E-state index contributed by atoms with van der Waals surface area (Å²) >= 11 is 0. The van der Waals surface area contributed by atoms with E-state index in [1.165, 1.54) is 0 Å². The number of hydrogen-bond acceptors (Lipinski definition) is 4. The smallest absolute Gasteiger partial charge is 0.273 e. The summed E-state index contributed by atoms with van der Waals surface area (Å²) in [6.07, 6.45) is 3.61. The second-order valence-electron chi connectivity index (χ2n) is 6.50. The van der Waals surface area contributed by atoms with Crippen LogP contribution in [0.2, 0.25) is 0 Å². The summed E-state index contributed by atoms with van der Waals surface area (Å²) in [6.45, 7) is 6.71. The zero-order valence-corrected chi connectivity index (χ0v) is 12.7. The third-order valence-electron chi connectivity index (χ3n) is 3.90. The van der Waals surface area contributed by atoms with E-state index in [0.717, 1.165) is 25.0 Å². The Kier molecular flexibility index (Phi) is 4.48. The van der Waals surface area contributed by atoms with Gasteiger partial charge in [0.1, 0.15) is 5.76 Å². The number of aromatic nitrogens is 1. The van der Waals surface area contributed by atoms with Gasteiger partial charge >= 0.3 is 0 Å². The van der Waals surface area contributed by atoms with Gasteiger partial charge in [-0.15, -0.1) is 0 Å². The third-order valence-corrected chi connectivity index (χ3v) is 3.90. The molecule has 1 aliphatic rings. The van der Waals surface area contributed by atoms with E-state index in [2.05, 4.69) is 10.5 Å². The van der Waals surface area contributed by atoms with Crippen LogP contribution < -0.4 is 5.32 Å². The standard InChI is InChI=1S/C15H24N2O3/c1-15(2,3)13-8-11(17-20-13)14(18)16-9-10-6-5-7-12(10)19-4/h8,10,12H,5-7,9H2,1-4H3,(H,16,18). The predicted octanol–water partition coefficient (Wildman–Crippen LogP) is 2.52. The van der Waals surface area contributed by atoms with Crippen molar-refractivity contribution in [2.24, 2.45) is 5.92 Å². The highest BCUT2D eigenvalue weighted by atomic mass is 16.5. The molecule has 0 aromatic carbocycles. The van der Waals surface area contributed by atoms with Gasteiger partial charge in [-0.05, 0) is 12.8 Å². The molecule has 0 saturated heterocycles. The molecule has 2 atom stereocenters. The molecule has 1 aromatic heterocycles. The highest BCUT2D eigenvalue weighted by Crippen LogP contribution is 2.27. The second kappa shape index (κ2) is 5.95. The van der Waals surface area contributed by atoms with Crippen molar-refractivity contribution >= 4 is 5.91 Å². The maximum absolute atomic E-state index is 12.1. The first-order valence-corrected chi connectivity index (χ1v) is 7.20. The zero-order chi connectivity index (χ0) is 14.8. The lowest BCUT2D eigenvalue weighted by Gasteiger charge is -2.18. The van der Waals surface area contributed by atoms with Crippen molar-refractivity contribution in [2.75, 3.05) is 13.7 Å². The number of carbonyl (C=O) groups excluding carboxylic acids is 1. The highest BCUT2D eigenvalue weighted by Gasteiger charge is 2.28. The molecule has 5 nitrogen and oxygen atoms in total. The summed E-state index contributed by atoms with van der Waals surface area (Å²) in [6, 6.07) is 1.72. The Morgan fingerprint density at radius 2 is 2.25 bits per heavy atom. The first-order valence-electron chi connectivity index (χ1n) is 7.20. The summed E-state index contributed by atoms with van der Waals surface area (Å²) in [5.74, 6) is 0.947. The van der Waals surface area contributed by atoms with Crippen LogP contribution >= 0.6 is 0 Å². The number of methoxy groups -OCH3 is 1. The van der Waals surface area contributed by atoms with Crippen LogP contribution in [-0.4, -0.2) is 30.8 Å². The van der Waals surface area contributed by atoms with Crippen LogP contribution in [0.25, 0.3) is 0 Å². The molecule has 5 heteroatoms. The molecule has 1 aliphatic carbocycles. The largest absolute Gasteiger partial charge is 0.381 e. The van der Waals surface area contributed by atoms with Gasteiger partial charge in [-0.25, -0.2) is 0 Å². The average Bonchev–Trinajstić information content (AvgIpc) is 3.03. The van der Waals surface area contributed by atoms with Gasteiger partial charge in [-0.1, -0.05) is 32.3 Å². The second-order valence-corrected chi connectivity index (χ2v) is 6.50. The Balaban J connectivity index is 1.90. The lowest BCUT2D eigenvalue weighted by molar-refractivity contribution is 0.0682. The van der Waals surface area contributed by atoms with Crippen molar-refractivity contribution in [1.82, 2.24) is 10.5 Å². The molecular weight excluding hydrogens is 256 g/mol.